The van der Waals surface area contributed by atoms with Crippen LogP contribution in [0, 0.1) is 23.7 Å². The Morgan fingerprint density at radius 3 is 2.69 bits per heavy atom. The van der Waals surface area contributed by atoms with Crippen LogP contribution < -0.4 is 0 Å². The molecule has 0 N–H and O–H groups in total. The summed E-state index contributed by atoms with van der Waals surface area (Å²) in [5.41, 5.74) is 0. The molecule has 2 nitrogen and oxygen atoms in total. The minimum absolute atomic E-state index is 0.246. The van der Waals surface area contributed by atoms with Gasteiger partial charge in [0.2, 0.25) is 0 Å². The van der Waals surface area contributed by atoms with Crippen LogP contribution in [0.2, 0.25) is 0 Å². The molecule has 0 spiro atoms. The second-order valence-electron chi connectivity index (χ2n) is 5.39. The van der Waals surface area contributed by atoms with E-state index < -0.39 is 0 Å². The third kappa shape index (κ3) is 1.32. The predicted octanol–water partition coefficient (Wildman–Crippen LogP) is 2.99. The van der Waals surface area contributed by atoms with Gasteiger partial charge in [-0.05, 0) is 44.4 Å². The SMILES string of the molecule is CCOC1(OCC)C[C@@H]2C[C@H]1[C@H]1C=CC[C@@H]21. The summed E-state index contributed by atoms with van der Waals surface area (Å²) in [6.07, 6.45) is 8.52. The first-order valence-corrected chi connectivity index (χ1v) is 6.75. The monoisotopic (exact) mass is 222 g/mol. The van der Waals surface area contributed by atoms with Crippen molar-refractivity contribution in [3.63, 3.8) is 0 Å². The van der Waals surface area contributed by atoms with Gasteiger partial charge in [-0.2, -0.15) is 0 Å². The fourth-order valence-corrected chi connectivity index (χ4v) is 4.38. The van der Waals surface area contributed by atoms with Crippen molar-refractivity contribution in [2.75, 3.05) is 13.2 Å². The third-order valence-electron chi connectivity index (χ3n) is 4.78. The molecule has 0 aliphatic heterocycles. The summed E-state index contributed by atoms with van der Waals surface area (Å²) in [6, 6.07) is 0. The highest BCUT2D eigenvalue weighted by Gasteiger charge is 2.61. The summed E-state index contributed by atoms with van der Waals surface area (Å²) in [5.74, 6) is 2.84. The summed E-state index contributed by atoms with van der Waals surface area (Å²) in [5, 5.41) is 0. The fraction of sp³-hybridized carbons (Fsp3) is 0.857. The summed E-state index contributed by atoms with van der Waals surface area (Å²) in [6.45, 7) is 5.69. The van der Waals surface area contributed by atoms with E-state index in [-0.39, 0.29) is 5.79 Å². The minimum Gasteiger partial charge on any atom is -0.350 e. The molecule has 3 aliphatic carbocycles. The molecule has 90 valence electrons. The van der Waals surface area contributed by atoms with E-state index in [0.717, 1.165) is 37.4 Å². The maximum atomic E-state index is 6.02. The molecule has 4 atom stereocenters. The van der Waals surface area contributed by atoms with Crippen molar-refractivity contribution in [1.29, 1.82) is 0 Å². The molecule has 2 bridgehead atoms. The highest BCUT2D eigenvalue weighted by Crippen LogP contribution is 2.61. The van der Waals surface area contributed by atoms with Gasteiger partial charge in [-0.25, -0.2) is 0 Å². The normalized spacial score (nSPS) is 42.9. The Morgan fingerprint density at radius 1 is 1.25 bits per heavy atom. The Kier molecular flexibility index (Phi) is 2.60. The van der Waals surface area contributed by atoms with Crippen molar-refractivity contribution >= 4 is 0 Å². The van der Waals surface area contributed by atoms with Crippen molar-refractivity contribution < 1.29 is 9.47 Å². The first kappa shape index (κ1) is 10.8. The lowest BCUT2D eigenvalue weighted by Gasteiger charge is -2.41. The van der Waals surface area contributed by atoms with Crippen LogP contribution in [-0.4, -0.2) is 19.0 Å². The lowest BCUT2D eigenvalue weighted by atomic mass is 9.78. The van der Waals surface area contributed by atoms with Crippen LogP contribution in [-0.2, 0) is 9.47 Å². The van der Waals surface area contributed by atoms with Gasteiger partial charge in [0.25, 0.3) is 0 Å². The van der Waals surface area contributed by atoms with Crippen LogP contribution >= 0.6 is 0 Å². The Morgan fingerprint density at radius 2 is 2.00 bits per heavy atom. The summed E-state index contributed by atoms with van der Waals surface area (Å²) in [7, 11) is 0. The van der Waals surface area contributed by atoms with Gasteiger partial charge in [0.1, 0.15) is 0 Å². The van der Waals surface area contributed by atoms with Gasteiger partial charge in [-0.1, -0.05) is 12.2 Å². The second kappa shape index (κ2) is 3.85. The molecular weight excluding hydrogens is 200 g/mol. The van der Waals surface area contributed by atoms with Crippen LogP contribution in [0.3, 0.4) is 0 Å². The van der Waals surface area contributed by atoms with Gasteiger partial charge >= 0.3 is 0 Å². The molecule has 0 aromatic carbocycles. The van der Waals surface area contributed by atoms with Crippen molar-refractivity contribution in [1.82, 2.24) is 0 Å². The number of rotatable bonds is 4. The topological polar surface area (TPSA) is 18.5 Å². The van der Waals surface area contributed by atoms with Crippen LogP contribution in [0.4, 0.5) is 0 Å². The Hall–Kier alpha value is -0.340. The summed E-state index contributed by atoms with van der Waals surface area (Å²) in [4.78, 5) is 0. The van der Waals surface area contributed by atoms with E-state index in [1.807, 2.05) is 0 Å². The van der Waals surface area contributed by atoms with Crippen molar-refractivity contribution in [2.45, 2.75) is 38.9 Å². The largest absolute Gasteiger partial charge is 0.350 e. The van der Waals surface area contributed by atoms with Gasteiger partial charge in [-0.3, -0.25) is 0 Å². The lowest BCUT2D eigenvalue weighted by molar-refractivity contribution is -0.268. The zero-order valence-corrected chi connectivity index (χ0v) is 10.3. The van der Waals surface area contributed by atoms with E-state index in [9.17, 15) is 0 Å². The predicted molar refractivity (Wildman–Crippen MR) is 62.9 cm³/mol. The smallest absolute Gasteiger partial charge is 0.171 e. The molecule has 0 radical (unpaired) electrons. The molecule has 2 fully saturated rings. The van der Waals surface area contributed by atoms with E-state index in [4.69, 9.17) is 9.47 Å². The summed E-state index contributed by atoms with van der Waals surface area (Å²) < 4.78 is 12.0. The Bertz CT molecular complexity index is 291. The standard InChI is InChI=1S/C14H22O2/c1-3-15-14(16-4-2)9-10-8-13(14)12-7-5-6-11(10)12/h5,7,10-13H,3-4,6,8-9H2,1-2H3/t10-,11-,12-,13-/m0/s1. The van der Waals surface area contributed by atoms with E-state index in [1.54, 1.807) is 0 Å². The van der Waals surface area contributed by atoms with Crippen molar-refractivity contribution in [3.8, 4) is 0 Å². The van der Waals surface area contributed by atoms with Crippen LogP contribution in [0.1, 0.15) is 33.1 Å². The molecule has 0 unspecified atom stereocenters. The van der Waals surface area contributed by atoms with Crippen LogP contribution in [0.25, 0.3) is 0 Å². The molecule has 0 saturated heterocycles. The van der Waals surface area contributed by atoms with E-state index in [2.05, 4.69) is 26.0 Å². The van der Waals surface area contributed by atoms with E-state index in [0.29, 0.717) is 5.92 Å². The first-order chi connectivity index (χ1) is 7.80. The molecule has 0 aromatic rings. The van der Waals surface area contributed by atoms with Gasteiger partial charge in [0.15, 0.2) is 5.79 Å². The first-order valence-electron chi connectivity index (χ1n) is 6.75. The molecule has 0 heterocycles. The molecule has 0 aromatic heterocycles. The molecule has 0 amide bonds. The third-order valence-corrected chi connectivity index (χ3v) is 4.78. The average Bonchev–Trinajstić information content (AvgIpc) is 2.87. The Balaban J connectivity index is 1.84. The average molecular weight is 222 g/mol. The molecule has 3 rings (SSSR count). The zero-order valence-electron chi connectivity index (χ0n) is 10.3. The number of allylic oxidation sites excluding steroid dienone is 2. The minimum atomic E-state index is -0.246. The zero-order chi connectivity index (χ0) is 11.2. The molecule has 3 aliphatic rings. The van der Waals surface area contributed by atoms with Crippen molar-refractivity contribution in [2.24, 2.45) is 23.7 Å². The van der Waals surface area contributed by atoms with Gasteiger partial charge in [0.05, 0.1) is 0 Å². The maximum absolute atomic E-state index is 6.02. The van der Waals surface area contributed by atoms with Gasteiger partial charge < -0.3 is 9.47 Å². The maximum Gasteiger partial charge on any atom is 0.171 e. The fourth-order valence-electron chi connectivity index (χ4n) is 4.38. The van der Waals surface area contributed by atoms with Gasteiger partial charge in [0, 0.05) is 25.6 Å². The van der Waals surface area contributed by atoms with E-state index in [1.165, 1.54) is 12.8 Å². The molecular formula is C14H22O2. The number of hydrogen-bond donors (Lipinski definition) is 0. The van der Waals surface area contributed by atoms with Crippen molar-refractivity contribution in [3.05, 3.63) is 12.2 Å². The molecule has 16 heavy (non-hydrogen) atoms. The highest BCUT2D eigenvalue weighted by atomic mass is 16.7. The molecule has 2 saturated carbocycles. The number of hydrogen-bond acceptors (Lipinski definition) is 2. The quantitative estimate of drug-likeness (QED) is 0.538. The second-order valence-corrected chi connectivity index (χ2v) is 5.39. The van der Waals surface area contributed by atoms with Crippen LogP contribution in [0.5, 0.6) is 0 Å². The van der Waals surface area contributed by atoms with Crippen LogP contribution in [0.15, 0.2) is 12.2 Å². The number of ether oxygens (including phenoxy) is 2. The Labute approximate surface area is 98.0 Å². The summed E-state index contributed by atoms with van der Waals surface area (Å²) >= 11 is 0. The lowest BCUT2D eigenvalue weighted by Crippen LogP contribution is -2.46. The molecule has 2 heteroatoms. The number of fused-ring (bicyclic) bond motifs is 5. The van der Waals surface area contributed by atoms with E-state index >= 15 is 0 Å². The van der Waals surface area contributed by atoms with Gasteiger partial charge in [-0.15, -0.1) is 0 Å². The highest BCUT2D eigenvalue weighted by molar-refractivity contribution is 5.16.